The van der Waals surface area contributed by atoms with Crippen molar-refractivity contribution in [3.05, 3.63) is 53.7 Å². The zero-order chi connectivity index (χ0) is 15.1. The van der Waals surface area contributed by atoms with E-state index in [4.69, 9.17) is 9.47 Å². The van der Waals surface area contributed by atoms with E-state index in [2.05, 4.69) is 10.3 Å². The van der Waals surface area contributed by atoms with Gasteiger partial charge >= 0.3 is 0 Å². The maximum atomic E-state index is 13.6. The van der Waals surface area contributed by atoms with Crippen LogP contribution in [0.5, 0.6) is 11.6 Å². The molecule has 0 aliphatic heterocycles. The number of nitrogens with one attached hydrogen (secondary N) is 1. The molecule has 0 bridgehead atoms. The fourth-order valence-electron chi connectivity index (χ4n) is 1.71. The maximum absolute atomic E-state index is 13.6. The largest absolute Gasteiger partial charge is 0.436 e. The highest BCUT2D eigenvalue weighted by Gasteiger charge is 2.10. The summed E-state index contributed by atoms with van der Waals surface area (Å²) in [5.74, 6) is -1.19. The molecule has 0 saturated heterocycles. The summed E-state index contributed by atoms with van der Waals surface area (Å²) in [6.07, 6.45) is 1.55. The van der Waals surface area contributed by atoms with Gasteiger partial charge in [-0.25, -0.2) is 13.8 Å². The third-order valence-electron chi connectivity index (χ3n) is 2.75. The zero-order valence-corrected chi connectivity index (χ0v) is 11.6. The first kappa shape index (κ1) is 15.3. The van der Waals surface area contributed by atoms with Gasteiger partial charge in [0.05, 0.1) is 6.61 Å². The molecule has 0 spiro atoms. The van der Waals surface area contributed by atoms with Crippen LogP contribution in [0.1, 0.15) is 5.56 Å². The van der Waals surface area contributed by atoms with Gasteiger partial charge in [0.1, 0.15) is 5.82 Å². The Balaban J connectivity index is 2.08. The predicted molar refractivity (Wildman–Crippen MR) is 74.3 cm³/mol. The summed E-state index contributed by atoms with van der Waals surface area (Å²) in [6.45, 7) is 1.77. The van der Waals surface area contributed by atoms with Gasteiger partial charge in [-0.05, 0) is 18.2 Å². The Morgan fingerprint density at radius 1 is 1.24 bits per heavy atom. The third-order valence-corrected chi connectivity index (χ3v) is 2.75. The van der Waals surface area contributed by atoms with E-state index in [0.29, 0.717) is 19.7 Å². The highest BCUT2D eigenvalue weighted by Crippen LogP contribution is 2.25. The maximum Gasteiger partial charge on any atom is 0.223 e. The quantitative estimate of drug-likeness (QED) is 0.797. The lowest BCUT2D eigenvalue weighted by Gasteiger charge is -2.11. The molecule has 0 radical (unpaired) electrons. The van der Waals surface area contributed by atoms with Gasteiger partial charge in [0.2, 0.25) is 5.88 Å². The number of ether oxygens (including phenoxy) is 2. The molecule has 0 aliphatic carbocycles. The summed E-state index contributed by atoms with van der Waals surface area (Å²) in [4.78, 5) is 4.08. The van der Waals surface area contributed by atoms with Crippen molar-refractivity contribution in [2.24, 2.45) is 0 Å². The predicted octanol–water partition coefficient (Wildman–Crippen LogP) is 2.89. The molecule has 112 valence electrons. The van der Waals surface area contributed by atoms with E-state index in [1.807, 2.05) is 6.07 Å². The first-order chi connectivity index (χ1) is 10.2. The van der Waals surface area contributed by atoms with E-state index in [1.165, 1.54) is 6.07 Å². The van der Waals surface area contributed by atoms with E-state index >= 15 is 0 Å². The zero-order valence-electron chi connectivity index (χ0n) is 11.6. The Morgan fingerprint density at radius 2 is 2.10 bits per heavy atom. The van der Waals surface area contributed by atoms with Gasteiger partial charge in [0.15, 0.2) is 11.6 Å². The van der Waals surface area contributed by atoms with Crippen LogP contribution < -0.4 is 10.1 Å². The smallest absolute Gasteiger partial charge is 0.223 e. The molecule has 0 atom stereocenters. The van der Waals surface area contributed by atoms with Gasteiger partial charge in [-0.15, -0.1) is 0 Å². The summed E-state index contributed by atoms with van der Waals surface area (Å²) >= 11 is 0. The number of aromatic nitrogens is 1. The second-order valence-corrected chi connectivity index (χ2v) is 4.31. The van der Waals surface area contributed by atoms with Crippen LogP contribution in [0.4, 0.5) is 8.78 Å². The van der Waals surface area contributed by atoms with Gasteiger partial charge in [0.25, 0.3) is 0 Å². The molecule has 0 unspecified atom stereocenters. The van der Waals surface area contributed by atoms with Crippen molar-refractivity contribution in [1.82, 2.24) is 10.3 Å². The van der Waals surface area contributed by atoms with Crippen molar-refractivity contribution in [1.29, 1.82) is 0 Å². The van der Waals surface area contributed by atoms with Crippen molar-refractivity contribution in [3.63, 3.8) is 0 Å². The number of nitrogens with zero attached hydrogens (tertiary/aromatic N) is 1. The first-order valence-corrected chi connectivity index (χ1v) is 6.47. The molecule has 2 aromatic rings. The van der Waals surface area contributed by atoms with Gasteiger partial charge < -0.3 is 14.8 Å². The summed E-state index contributed by atoms with van der Waals surface area (Å²) < 4.78 is 36.8. The van der Waals surface area contributed by atoms with Crippen LogP contribution in [0.25, 0.3) is 0 Å². The normalized spacial score (nSPS) is 10.6. The van der Waals surface area contributed by atoms with Crippen molar-refractivity contribution < 1.29 is 18.3 Å². The molecule has 0 saturated carbocycles. The Morgan fingerprint density at radius 3 is 2.86 bits per heavy atom. The highest BCUT2D eigenvalue weighted by molar-refractivity contribution is 5.33. The Labute approximate surface area is 121 Å². The minimum atomic E-state index is -0.765. The van der Waals surface area contributed by atoms with Crippen LogP contribution in [0.3, 0.4) is 0 Å². The monoisotopic (exact) mass is 294 g/mol. The van der Waals surface area contributed by atoms with Crippen molar-refractivity contribution in [3.8, 4) is 11.6 Å². The highest BCUT2D eigenvalue weighted by atomic mass is 19.1. The summed E-state index contributed by atoms with van der Waals surface area (Å²) in [5.41, 5.74) is 0.775. The van der Waals surface area contributed by atoms with E-state index < -0.39 is 11.6 Å². The van der Waals surface area contributed by atoms with Gasteiger partial charge in [-0.3, -0.25) is 0 Å². The van der Waals surface area contributed by atoms with Crippen LogP contribution in [0, 0.1) is 11.6 Å². The fourth-order valence-corrected chi connectivity index (χ4v) is 1.71. The molecule has 0 amide bonds. The average Bonchev–Trinajstić information content (AvgIpc) is 2.48. The molecule has 1 N–H and O–H groups in total. The van der Waals surface area contributed by atoms with E-state index in [-0.39, 0.29) is 11.6 Å². The number of hydrogen-bond acceptors (Lipinski definition) is 4. The molecule has 0 aliphatic rings. The van der Waals surface area contributed by atoms with Crippen LogP contribution in [-0.4, -0.2) is 25.2 Å². The standard InChI is InChI=1S/C15H16F2N2O2/c1-20-8-7-18-10-11-3-2-6-19-15(11)21-14-5-4-12(16)9-13(14)17/h2-6,9,18H,7-8,10H2,1H3. The summed E-state index contributed by atoms with van der Waals surface area (Å²) in [7, 11) is 1.62. The number of rotatable bonds is 7. The molecule has 6 heteroatoms. The van der Waals surface area contributed by atoms with E-state index in [1.54, 1.807) is 19.4 Å². The molecule has 0 fully saturated rings. The van der Waals surface area contributed by atoms with Gasteiger partial charge in [-0.1, -0.05) is 6.07 Å². The summed E-state index contributed by atoms with van der Waals surface area (Å²) in [6, 6.07) is 6.74. The Hall–Kier alpha value is -2.05. The molecule has 2 rings (SSSR count). The number of halogens is 2. The molecular formula is C15H16F2N2O2. The Bertz CT molecular complexity index is 594. The lowest BCUT2D eigenvalue weighted by Crippen LogP contribution is -2.19. The van der Waals surface area contributed by atoms with Crippen molar-refractivity contribution >= 4 is 0 Å². The lowest BCUT2D eigenvalue weighted by atomic mass is 10.2. The van der Waals surface area contributed by atoms with E-state index in [9.17, 15) is 8.78 Å². The third kappa shape index (κ3) is 4.47. The fraction of sp³-hybridized carbons (Fsp3) is 0.267. The van der Waals surface area contributed by atoms with Crippen molar-refractivity contribution in [2.75, 3.05) is 20.3 Å². The van der Waals surface area contributed by atoms with Crippen LogP contribution >= 0.6 is 0 Å². The second kappa shape index (κ2) is 7.66. The van der Waals surface area contributed by atoms with Gasteiger partial charge in [-0.2, -0.15) is 0 Å². The van der Waals surface area contributed by atoms with E-state index in [0.717, 1.165) is 17.7 Å². The SMILES string of the molecule is COCCNCc1cccnc1Oc1ccc(F)cc1F. The van der Waals surface area contributed by atoms with Crippen LogP contribution in [0.15, 0.2) is 36.5 Å². The van der Waals surface area contributed by atoms with Gasteiger partial charge in [0, 0.05) is 38.0 Å². The molecule has 4 nitrogen and oxygen atoms in total. The molecule has 21 heavy (non-hydrogen) atoms. The minimum Gasteiger partial charge on any atom is -0.436 e. The van der Waals surface area contributed by atoms with Crippen molar-refractivity contribution in [2.45, 2.75) is 6.54 Å². The molecule has 1 heterocycles. The number of methoxy groups -OCH3 is 1. The molecule has 1 aromatic heterocycles. The first-order valence-electron chi connectivity index (χ1n) is 6.47. The number of benzene rings is 1. The molecule has 1 aromatic carbocycles. The lowest BCUT2D eigenvalue weighted by molar-refractivity contribution is 0.199. The van der Waals surface area contributed by atoms with Crippen LogP contribution in [0.2, 0.25) is 0 Å². The Kier molecular flexibility index (Phi) is 5.59. The van der Waals surface area contributed by atoms with Crippen LogP contribution in [-0.2, 0) is 11.3 Å². The topological polar surface area (TPSA) is 43.4 Å². The second-order valence-electron chi connectivity index (χ2n) is 4.31. The minimum absolute atomic E-state index is 0.0618. The number of pyridine rings is 1. The molecular weight excluding hydrogens is 278 g/mol. The summed E-state index contributed by atoms with van der Waals surface area (Å²) in [5, 5.41) is 3.15. The average molecular weight is 294 g/mol. The number of hydrogen-bond donors (Lipinski definition) is 1.